The van der Waals surface area contributed by atoms with Gasteiger partial charge in [-0.25, -0.2) is 0 Å². The Labute approximate surface area is 148 Å². The largest absolute Gasteiger partial charge is 0.373 e. The fourth-order valence-corrected chi connectivity index (χ4v) is 2.94. The molecular weight excluding hydrogens is 306 g/mol. The average Bonchev–Trinajstić information content (AvgIpc) is 2.53. The van der Waals surface area contributed by atoms with Gasteiger partial charge < -0.3 is 14.7 Å². The topological polar surface area (TPSA) is 15.3 Å². The summed E-state index contributed by atoms with van der Waals surface area (Å²) in [5, 5.41) is 3.56. The summed E-state index contributed by atoms with van der Waals surface area (Å²) < 4.78 is 1.14. The van der Waals surface area contributed by atoms with Gasteiger partial charge in [0, 0.05) is 44.7 Å². The highest BCUT2D eigenvalue weighted by Gasteiger charge is 2.12. The van der Waals surface area contributed by atoms with Gasteiger partial charge in [-0.3, -0.25) is 0 Å². The van der Waals surface area contributed by atoms with Crippen molar-refractivity contribution < 1.29 is 4.48 Å². The van der Waals surface area contributed by atoms with Gasteiger partial charge in [-0.2, -0.15) is 0 Å². The van der Waals surface area contributed by atoms with Gasteiger partial charge in [0.1, 0.15) is 0 Å². The smallest absolute Gasteiger partial charge is 0.0794 e. The summed E-state index contributed by atoms with van der Waals surface area (Å²) in [5.74, 6) is 0.660. The van der Waals surface area contributed by atoms with Gasteiger partial charge in [-0.1, -0.05) is 25.5 Å². The molecule has 1 aromatic rings. The zero-order valence-corrected chi connectivity index (χ0v) is 16.2. The van der Waals surface area contributed by atoms with Gasteiger partial charge in [0.05, 0.1) is 27.2 Å². The van der Waals surface area contributed by atoms with E-state index in [2.05, 4.69) is 62.5 Å². The van der Waals surface area contributed by atoms with E-state index in [1.165, 1.54) is 43.6 Å². The van der Waals surface area contributed by atoms with Gasteiger partial charge in [0.2, 0.25) is 0 Å². The van der Waals surface area contributed by atoms with E-state index in [-0.39, 0.29) is 0 Å². The molecule has 3 nitrogen and oxygen atoms in total. The zero-order chi connectivity index (χ0) is 17.1. The molecule has 0 spiro atoms. The average molecular weight is 341 g/mol. The lowest BCUT2D eigenvalue weighted by Crippen LogP contribution is -2.42. The molecular formula is C19H35ClN3+. The first-order valence-corrected chi connectivity index (χ1v) is 9.40. The van der Waals surface area contributed by atoms with Crippen LogP contribution in [-0.2, 0) is 6.54 Å². The van der Waals surface area contributed by atoms with Crippen LogP contribution in [0.5, 0.6) is 0 Å². The summed E-state index contributed by atoms with van der Waals surface area (Å²) in [7, 11) is 6.76. The van der Waals surface area contributed by atoms with Crippen LogP contribution in [0, 0.1) is 0 Å². The summed E-state index contributed by atoms with van der Waals surface area (Å²) in [6, 6.07) is 8.76. The standard InChI is InChI=1S/C19H35ClN3/c1-5-6-15-23(3,4)16-7-13-21-17-18-8-10-19(11-9-18)22(2)14-12-20/h8-11,21H,5-7,12-17H2,1-4H3/q+1. The molecule has 0 atom stereocenters. The Hall–Kier alpha value is -0.770. The predicted octanol–water partition coefficient (Wildman–Crippen LogP) is 3.72. The van der Waals surface area contributed by atoms with Crippen LogP contribution in [0.4, 0.5) is 5.69 Å². The summed E-state index contributed by atoms with van der Waals surface area (Å²) in [6.45, 7) is 7.71. The molecule has 4 heteroatoms. The van der Waals surface area contributed by atoms with Crippen LogP contribution in [0.15, 0.2) is 24.3 Å². The van der Waals surface area contributed by atoms with E-state index in [4.69, 9.17) is 11.6 Å². The molecule has 0 fully saturated rings. The lowest BCUT2D eigenvalue weighted by molar-refractivity contribution is -0.890. The Morgan fingerprint density at radius 1 is 1.09 bits per heavy atom. The van der Waals surface area contributed by atoms with Crippen LogP contribution in [0.3, 0.4) is 0 Å². The van der Waals surface area contributed by atoms with Crippen molar-refractivity contribution in [3.8, 4) is 0 Å². The van der Waals surface area contributed by atoms with Crippen molar-refractivity contribution in [2.75, 3.05) is 58.1 Å². The van der Waals surface area contributed by atoms with Crippen LogP contribution in [0.25, 0.3) is 0 Å². The molecule has 0 aromatic heterocycles. The Balaban J connectivity index is 2.23. The van der Waals surface area contributed by atoms with Crippen molar-refractivity contribution in [3.63, 3.8) is 0 Å². The number of alkyl halides is 1. The minimum absolute atomic E-state index is 0.660. The van der Waals surface area contributed by atoms with Crippen molar-refractivity contribution >= 4 is 17.3 Å². The van der Waals surface area contributed by atoms with Crippen molar-refractivity contribution in [3.05, 3.63) is 29.8 Å². The lowest BCUT2D eigenvalue weighted by Gasteiger charge is -2.29. The molecule has 0 unspecified atom stereocenters. The summed E-state index contributed by atoms with van der Waals surface area (Å²) >= 11 is 5.78. The van der Waals surface area contributed by atoms with Crippen LogP contribution >= 0.6 is 11.6 Å². The SMILES string of the molecule is CCCC[N+](C)(C)CCCNCc1ccc(N(C)CCCl)cc1. The molecule has 0 saturated carbocycles. The van der Waals surface area contributed by atoms with E-state index in [0.717, 1.165) is 24.1 Å². The molecule has 0 aliphatic carbocycles. The number of nitrogens with zero attached hydrogens (tertiary/aromatic N) is 2. The number of hydrogen-bond donors (Lipinski definition) is 1. The second-order valence-electron chi connectivity index (χ2n) is 7.04. The summed E-state index contributed by atoms with van der Waals surface area (Å²) in [5.41, 5.74) is 2.57. The monoisotopic (exact) mass is 340 g/mol. The Morgan fingerprint density at radius 2 is 1.74 bits per heavy atom. The number of hydrogen-bond acceptors (Lipinski definition) is 2. The Bertz CT molecular complexity index is 417. The molecule has 0 heterocycles. The fourth-order valence-electron chi connectivity index (χ4n) is 2.69. The third-order valence-electron chi connectivity index (χ3n) is 4.36. The van der Waals surface area contributed by atoms with Gasteiger partial charge in [0.15, 0.2) is 0 Å². The minimum Gasteiger partial charge on any atom is -0.373 e. The molecule has 1 N–H and O–H groups in total. The van der Waals surface area contributed by atoms with Crippen LogP contribution < -0.4 is 10.2 Å². The highest BCUT2D eigenvalue weighted by Crippen LogP contribution is 2.13. The molecule has 0 bridgehead atoms. The maximum atomic E-state index is 5.78. The van der Waals surface area contributed by atoms with E-state index in [1.807, 2.05) is 0 Å². The van der Waals surface area contributed by atoms with Gasteiger partial charge in [-0.15, -0.1) is 11.6 Å². The Kier molecular flexibility index (Phi) is 9.61. The second-order valence-corrected chi connectivity index (χ2v) is 7.42. The maximum Gasteiger partial charge on any atom is 0.0794 e. The third-order valence-corrected chi connectivity index (χ3v) is 4.53. The molecule has 23 heavy (non-hydrogen) atoms. The number of rotatable bonds is 12. The lowest BCUT2D eigenvalue weighted by atomic mass is 10.2. The third kappa shape index (κ3) is 8.59. The van der Waals surface area contributed by atoms with Gasteiger partial charge in [-0.05, 0) is 24.1 Å². The Morgan fingerprint density at radius 3 is 2.35 bits per heavy atom. The molecule has 1 rings (SSSR count). The van der Waals surface area contributed by atoms with Gasteiger partial charge >= 0.3 is 0 Å². The highest BCUT2D eigenvalue weighted by molar-refractivity contribution is 6.18. The van der Waals surface area contributed by atoms with E-state index >= 15 is 0 Å². The molecule has 0 saturated heterocycles. The van der Waals surface area contributed by atoms with E-state index < -0.39 is 0 Å². The number of halogens is 1. The highest BCUT2D eigenvalue weighted by atomic mass is 35.5. The zero-order valence-electron chi connectivity index (χ0n) is 15.4. The molecule has 132 valence electrons. The number of benzene rings is 1. The number of nitrogens with one attached hydrogen (secondary N) is 1. The first-order chi connectivity index (χ1) is 11.0. The molecule has 0 aliphatic rings. The van der Waals surface area contributed by atoms with Crippen molar-refractivity contribution in [1.82, 2.24) is 5.32 Å². The number of anilines is 1. The molecule has 1 aromatic carbocycles. The van der Waals surface area contributed by atoms with Gasteiger partial charge in [0.25, 0.3) is 0 Å². The summed E-state index contributed by atoms with van der Waals surface area (Å²) in [4.78, 5) is 2.18. The maximum absolute atomic E-state index is 5.78. The van der Waals surface area contributed by atoms with E-state index in [1.54, 1.807) is 0 Å². The number of unbranched alkanes of at least 4 members (excludes halogenated alkanes) is 1. The first-order valence-electron chi connectivity index (χ1n) is 8.87. The molecule has 0 aliphatic heterocycles. The van der Waals surface area contributed by atoms with E-state index in [9.17, 15) is 0 Å². The predicted molar refractivity (Wildman–Crippen MR) is 104 cm³/mol. The first kappa shape index (κ1) is 20.3. The van der Waals surface area contributed by atoms with E-state index in [0.29, 0.717) is 5.88 Å². The molecule has 0 amide bonds. The molecule has 0 radical (unpaired) electrons. The quantitative estimate of drug-likeness (QED) is 0.354. The van der Waals surface area contributed by atoms with Crippen molar-refractivity contribution in [1.29, 1.82) is 0 Å². The van der Waals surface area contributed by atoms with Crippen LogP contribution in [-0.4, -0.2) is 57.7 Å². The van der Waals surface area contributed by atoms with Crippen LogP contribution in [0.1, 0.15) is 31.7 Å². The normalized spacial score (nSPS) is 11.7. The number of quaternary nitrogens is 1. The second kappa shape index (κ2) is 10.9. The minimum atomic E-state index is 0.660. The van der Waals surface area contributed by atoms with Crippen molar-refractivity contribution in [2.24, 2.45) is 0 Å². The summed E-state index contributed by atoms with van der Waals surface area (Å²) in [6.07, 6.45) is 3.84. The van der Waals surface area contributed by atoms with Crippen LogP contribution in [0.2, 0.25) is 0 Å². The fraction of sp³-hybridized carbons (Fsp3) is 0.684. The van der Waals surface area contributed by atoms with Crippen molar-refractivity contribution in [2.45, 2.75) is 32.7 Å².